The monoisotopic (exact) mass is 295 g/mol. The van der Waals surface area contributed by atoms with Gasteiger partial charge in [-0.25, -0.2) is 0 Å². The van der Waals surface area contributed by atoms with Crippen molar-refractivity contribution in [2.45, 2.75) is 39.8 Å². The molecule has 0 saturated heterocycles. The average molecular weight is 295 g/mol. The Hall–Kier alpha value is -2.05. The molecule has 0 aliphatic rings. The van der Waals surface area contributed by atoms with Crippen molar-refractivity contribution >= 4 is 0 Å². The molecule has 2 rings (SSSR count). The molecule has 0 bridgehead atoms. The van der Waals surface area contributed by atoms with Crippen molar-refractivity contribution in [3.05, 3.63) is 53.3 Å². The van der Waals surface area contributed by atoms with Gasteiger partial charge in [-0.2, -0.15) is 5.10 Å². The molecule has 1 heterocycles. The Bertz CT molecular complexity index is 646. The van der Waals surface area contributed by atoms with Crippen molar-refractivity contribution in [2.75, 3.05) is 6.54 Å². The van der Waals surface area contributed by atoms with Gasteiger partial charge in [0.25, 0.3) is 0 Å². The number of hydrogen-bond donors (Lipinski definition) is 0. The Morgan fingerprint density at radius 3 is 2.59 bits per heavy atom. The molecule has 0 unspecified atom stereocenters. The van der Waals surface area contributed by atoms with E-state index in [-0.39, 0.29) is 0 Å². The SMILES string of the molecule is CC[C@H](C)N(CC#Cc1ccccc1)Cc1cc(C)nn1C. The Labute approximate surface area is 134 Å². The normalized spacial score (nSPS) is 12.0. The summed E-state index contributed by atoms with van der Waals surface area (Å²) in [7, 11) is 2.01. The lowest BCUT2D eigenvalue weighted by molar-refractivity contribution is 0.215. The van der Waals surface area contributed by atoms with E-state index in [9.17, 15) is 0 Å². The van der Waals surface area contributed by atoms with Gasteiger partial charge in [0.15, 0.2) is 0 Å². The predicted octanol–water partition coefficient (Wildman–Crippen LogP) is 3.38. The van der Waals surface area contributed by atoms with Crippen molar-refractivity contribution in [3.8, 4) is 11.8 Å². The van der Waals surface area contributed by atoms with E-state index in [1.807, 2.05) is 49.0 Å². The third kappa shape index (κ3) is 4.47. The first-order valence-electron chi connectivity index (χ1n) is 7.87. The zero-order valence-corrected chi connectivity index (χ0v) is 14.0. The van der Waals surface area contributed by atoms with Crippen molar-refractivity contribution < 1.29 is 0 Å². The highest BCUT2D eigenvalue weighted by atomic mass is 15.3. The second kappa shape index (κ2) is 7.82. The van der Waals surface area contributed by atoms with Crippen LogP contribution in [0.5, 0.6) is 0 Å². The smallest absolute Gasteiger partial charge is 0.0611 e. The molecular weight excluding hydrogens is 270 g/mol. The first kappa shape index (κ1) is 16.3. The van der Waals surface area contributed by atoms with Gasteiger partial charge in [0, 0.05) is 25.2 Å². The number of aryl methyl sites for hydroxylation is 2. The molecule has 1 aromatic heterocycles. The van der Waals surface area contributed by atoms with E-state index in [1.165, 1.54) is 5.69 Å². The van der Waals surface area contributed by atoms with Gasteiger partial charge in [0.2, 0.25) is 0 Å². The lowest BCUT2D eigenvalue weighted by Crippen LogP contribution is -2.33. The Balaban J connectivity index is 2.07. The van der Waals surface area contributed by atoms with Gasteiger partial charge in [-0.05, 0) is 38.5 Å². The molecule has 3 nitrogen and oxygen atoms in total. The Kier molecular flexibility index (Phi) is 5.80. The molecule has 1 atom stereocenters. The zero-order chi connectivity index (χ0) is 15.9. The third-order valence-electron chi connectivity index (χ3n) is 3.97. The summed E-state index contributed by atoms with van der Waals surface area (Å²) in [5, 5.41) is 4.43. The van der Waals surface area contributed by atoms with Crippen LogP contribution in [0.3, 0.4) is 0 Å². The number of rotatable bonds is 5. The summed E-state index contributed by atoms with van der Waals surface area (Å²) in [6, 6.07) is 12.8. The fourth-order valence-corrected chi connectivity index (χ4v) is 2.41. The third-order valence-corrected chi connectivity index (χ3v) is 3.97. The molecule has 0 N–H and O–H groups in total. The van der Waals surface area contributed by atoms with Crippen LogP contribution in [0, 0.1) is 18.8 Å². The summed E-state index contributed by atoms with van der Waals surface area (Å²) in [5.41, 5.74) is 3.37. The molecule has 116 valence electrons. The first-order valence-corrected chi connectivity index (χ1v) is 7.87. The Morgan fingerprint density at radius 2 is 2.00 bits per heavy atom. The minimum Gasteiger partial charge on any atom is -0.284 e. The van der Waals surface area contributed by atoms with Crippen molar-refractivity contribution in [1.82, 2.24) is 14.7 Å². The second-order valence-corrected chi connectivity index (χ2v) is 5.73. The second-order valence-electron chi connectivity index (χ2n) is 5.73. The van der Waals surface area contributed by atoms with E-state index < -0.39 is 0 Å². The molecule has 2 aromatic rings. The zero-order valence-electron chi connectivity index (χ0n) is 14.0. The van der Waals surface area contributed by atoms with Crippen molar-refractivity contribution in [1.29, 1.82) is 0 Å². The first-order chi connectivity index (χ1) is 10.6. The lowest BCUT2D eigenvalue weighted by atomic mass is 10.2. The molecular formula is C19H25N3. The quantitative estimate of drug-likeness (QED) is 0.789. The van der Waals surface area contributed by atoms with Crippen LogP contribution in [0.15, 0.2) is 36.4 Å². The molecule has 0 aliphatic carbocycles. The van der Waals surface area contributed by atoms with Gasteiger partial charge in [0.05, 0.1) is 17.9 Å². The summed E-state index contributed by atoms with van der Waals surface area (Å²) >= 11 is 0. The minimum atomic E-state index is 0.500. The van der Waals surface area contributed by atoms with Crippen molar-refractivity contribution in [2.24, 2.45) is 7.05 Å². The van der Waals surface area contributed by atoms with Gasteiger partial charge in [0.1, 0.15) is 0 Å². The molecule has 0 radical (unpaired) electrons. The summed E-state index contributed by atoms with van der Waals surface area (Å²) < 4.78 is 1.97. The van der Waals surface area contributed by atoms with E-state index in [2.05, 4.69) is 41.8 Å². The fourth-order valence-electron chi connectivity index (χ4n) is 2.41. The van der Waals surface area contributed by atoms with Gasteiger partial charge < -0.3 is 0 Å². The summed E-state index contributed by atoms with van der Waals surface area (Å²) in [5.74, 6) is 6.56. The van der Waals surface area contributed by atoms with Crippen molar-refractivity contribution in [3.63, 3.8) is 0 Å². The molecule has 22 heavy (non-hydrogen) atoms. The van der Waals surface area contributed by atoms with Gasteiger partial charge in [-0.15, -0.1) is 0 Å². The number of nitrogens with zero attached hydrogens (tertiary/aromatic N) is 3. The van der Waals surface area contributed by atoms with Gasteiger partial charge in [-0.1, -0.05) is 37.0 Å². The highest BCUT2D eigenvalue weighted by molar-refractivity contribution is 5.33. The van der Waals surface area contributed by atoms with Crippen LogP contribution < -0.4 is 0 Å². The molecule has 0 amide bonds. The maximum Gasteiger partial charge on any atom is 0.0611 e. The van der Waals surface area contributed by atoms with Crippen LogP contribution in [0.2, 0.25) is 0 Å². The fraction of sp³-hybridized carbons (Fsp3) is 0.421. The number of hydrogen-bond acceptors (Lipinski definition) is 2. The largest absolute Gasteiger partial charge is 0.284 e. The van der Waals surface area contributed by atoms with Gasteiger partial charge in [-0.3, -0.25) is 9.58 Å². The molecule has 1 aromatic carbocycles. The van der Waals surface area contributed by atoms with Crippen LogP contribution in [0.25, 0.3) is 0 Å². The molecule has 0 fully saturated rings. The molecule has 0 spiro atoms. The average Bonchev–Trinajstić information content (AvgIpc) is 2.84. The number of aromatic nitrogens is 2. The van der Waals surface area contributed by atoms with Crippen LogP contribution in [-0.4, -0.2) is 27.3 Å². The number of benzene rings is 1. The molecule has 3 heteroatoms. The summed E-state index contributed by atoms with van der Waals surface area (Å²) in [6.07, 6.45) is 1.11. The summed E-state index contributed by atoms with van der Waals surface area (Å²) in [4.78, 5) is 2.41. The van der Waals surface area contributed by atoms with Crippen LogP contribution in [-0.2, 0) is 13.6 Å². The predicted molar refractivity (Wildman–Crippen MR) is 91.4 cm³/mol. The summed E-state index contributed by atoms with van der Waals surface area (Å²) in [6.45, 7) is 8.17. The van der Waals surface area contributed by atoms with Gasteiger partial charge >= 0.3 is 0 Å². The van der Waals surface area contributed by atoms with E-state index >= 15 is 0 Å². The maximum atomic E-state index is 4.43. The molecule has 0 saturated carbocycles. The standard InChI is InChI=1S/C19H25N3/c1-5-17(3)22(15-19-14-16(2)20-21(19)4)13-9-12-18-10-7-6-8-11-18/h6-8,10-11,14,17H,5,13,15H2,1-4H3/t17-/m0/s1. The topological polar surface area (TPSA) is 21.1 Å². The van der Waals surface area contributed by atoms with E-state index in [4.69, 9.17) is 0 Å². The van der Waals surface area contributed by atoms with Crippen LogP contribution in [0.1, 0.15) is 37.2 Å². The van der Waals surface area contributed by atoms with E-state index in [1.54, 1.807) is 0 Å². The maximum absolute atomic E-state index is 4.43. The highest BCUT2D eigenvalue weighted by Gasteiger charge is 2.13. The van der Waals surface area contributed by atoms with Crippen LogP contribution >= 0.6 is 0 Å². The Morgan fingerprint density at radius 1 is 1.27 bits per heavy atom. The minimum absolute atomic E-state index is 0.500. The highest BCUT2D eigenvalue weighted by Crippen LogP contribution is 2.11. The van der Waals surface area contributed by atoms with E-state index in [0.717, 1.165) is 30.8 Å². The molecule has 0 aliphatic heterocycles. The lowest BCUT2D eigenvalue weighted by Gasteiger charge is -2.26. The van der Waals surface area contributed by atoms with Crippen LogP contribution in [0.4, 0.5) is 0 Å². The van der Waals surface area contributed by atoms with E-state index in [0.29, 0.717) is 6.04 Å².